The van der Waals surface area contributed by atoms with Gasteiger partial charge < -0.3 is 55.3 Å². The lowest BCUT2D eigenvalue weighted by Gasteiger charge is -2.40. The van der Waals surface area contributed by atoms with Crippen molar-refractivity contribution in [2.75, 3.05) is 25.6 Å². The number of hydrogen-bond donors (Lipinski definition) is 8. The molecule has 2 aliphatic rings. The lowest BCUT2D eigenvalue weighted by Crippen LogP contribution is -2.52. The van der Waals surface area contributed by atoms with E-state index in [9.17, 15) is 58.8 Å². The Morgan fingerprint density at radius 1 is 0.831 bits per heavy atom. The van der Waals surface area contributed by atoms with Gasteiger partial charge in [-0.1, -0.05) is 147 Å². The Kier molecular flexibility index (Phi) is 29.7. The lowest BCUT2D eigenvalue weighted by atomic mass is 9.82. The Labute approximate surface area is 418 Å². The van der Waals surface area contributed by atoms with E-state index in [2.05, 4.69) is 16.2 Å². The second kappa shape index (κ2) is 33.8. The summed E-state index contributed by atoms with van der Waals surface area (Å²) in [6, 6.07) is 1.22. The minimum atomic E-state index is -5.69. The van der Waals surface area contributed by atoms with E-state index in [4.69, 9.17) is 29.0 Å². The van der Waals surface area contributed by atoms with Gasteiger partial charge in [0.2, 0.25) is 0 Å². The van der Waals surface area contributed by atoms with Gasteiger partial charge in [-0.3, -0.25) is 23.2 Å². The van der Waals surface area contributed by atoms with Crippen molar-refractivity contribution in [3.8, 4) is 0 Å². The fourth-order valence-electron chi connectivity index (χ4n) is 8.51. The molecule has 0 amide bonds. The number of fused-ring (bicyclic) bond motifs is 3. The van der Waals surface area contributed by atoms with Crippen LogP contribution in [0.4, 0.5) is 5.82 Å². The summed E-state index contributed by atoms with van der Waals surface area (Å²) in [6.45, 7) is 1.45. The Morgan fingerprint density at radius 3 is 2.01 bits per heavy atom. The van der Waals surface area contributed by atoms with Gasteiger partial charge in [0, 0.05) is 30.9 Å². The lowest BCUT2D eigenvalue weighted by molar-refractivity contribution is -0.194. The fraction of sp³-hybridized carbons (Fsp3) is 0.792. The van der Waals surface area contributed by atoms with Gasteiger partial charge in [-0.2, -0.15) is 9.29 Å². The number of aromatic nitrogens is 2. The maximum atomic E-state index is 13.3. The molecular formula is C48H83N3O18P2. The molecule has 1 aromatic rings. The number of ether oxygens (including phenoxy) is 3. The molecule has 0 aliphatic carbocycles. The molecule has 3 rings (SSSR count). The Morgan fingerprint density at radius 2 is 1.41 bits per heavy atom. The number of aliphatic hydroxyl groups excluding tert-OH is 5. The second-order valence-corrected chi connectivity index (χ2v) is 21.7. The van der Waals surface area contributed by atoms with Gasteiger partial charge in [-0.15, -0.1) is 0 Å². The quantitative estimate of drug-likeness (QED) is 0.0221. The molecule has 71 heavy (non-hydrogen) atoms. The summed E-state index contributed by atoms with van der Waals surface area (Å²) >= 11 is 0. The summed E-state index contributed by atoms with van der Waals surface area (Å²) < 4.78 is 58.6. The van der Waals surface area contributed by atoms with E-state index in [-0.39, 0.29) is 18.7 Å². The molecule has 0 aromatic carbocycles. The molecule has 1 fully saturated rings. The topological polar surface area (TPSA) is 326 Å². The maximum Gasteiger partial charge on any atom is 0.481 e. The predicted octanol–water partition coefficient (Wildman–Crippen LogP) is 6.60. The zero-order valence-electron chi connectivity index (χ0n) is 41.6. The van der Waals surface area contributed by atoms with Crippen LogP contribution in [-0.4, -0.2) is 119 Å². The van der Waals surface area contributed by atoms with Crippen molar-refractivity contribution in [1.29, 1.82) is 0 Å². The first-order valence-electron chi connectivity index (χ1n) is 25.6. The third kappa shape index (κ3) is 24.8. The van der Waals surface area contributed by atoms with Crippen molar-refractivity contribution in [2.45, 2.75) is 210 Å². The number of esters is 2. The molecule has 21 nitrogen and oxygen atoms in total. The molecule has 12 atom stereocenters. The van der Waals surface area contributed by atoms with Gasteiger partial charge in [0.05, 0.1) is 44.1 Å². The number of cyclic esters (lactones) is 1. The number of allylic oxidation sites excluding steroid dienone is 1. The van der Waals surface area contributed by atoms with Crippen LogP contribution in [0.1, 0.15) is 168 Å². The predicted molar refractivity (Wildman–Crippen MR) is 263 cm³/mol. The van der Waals surface area contributed by atoms with Crippen LogP contribution in [0.2, 0.25) is 0 Å². The number of hydrogen-bond acceptors (Lipinski definition) is 18. The second-order valence-electron chi connectivity index (χ2n) is 18.7. The number of phosphoric acid groups is 2. The number of aliphatic hydroxyl groups is 5. The molecule has 2 aliphatic heterocycles. The molecule has 9 N–H and O–H groups in total. The number of carbonyl (C=O) groups is 2. The van der Waals surface area contributed by atoms with Crippen molar-refractivity contribution in [3.05, 3.63) is 47.1 Å². The van der Waals surface area contributed by atoms with E-state index >= 15 is 0 Å². The summed E-state index contributed by atoms with van der Waals surface area (Å²) in [4.78, 5) is 64.1. The van der Waals surface area contributed by atoms with E-state index in [1.165, 1.54) is 94.6 Å². The van der Waals surface area contributed by atoms with Crippen LogP contribution >= 0.6 is 15.6 Å². The van der Waals surface area contributed by atoms with Crippen LogP contribution in [0.3, 0.4) is 0 Å². The third-order valence-electron chi connectivity index (χ3n) is 12.6. The number of nitrogens with two attached hydrogens (primary N) is 1. The molecule has 0 radical (unpaired) electrons. The van der Waals surface area contributed by atoms with Crippen LogP contribution in [0.15, 0.2) is 41.4 Å². The average Bonchev–Trinajstić information content (AvgIpc) is 3.30. The smallest absolute Gasteiger partial charge is 0.462 e. The van der Waals surface area contributed by atoms with Crippen molar-refractivity contribution < 1.29 is 81.6 Å². The van der Waals surface area contributed by atoms with Crippen LogP contribution in [-0.2, 0) is 46.3 Å². The molecule has 0 saturated carbocycles. The van der Waals surface area contributed by atoms with Crippen molar-refractivity contribution in [1.82, 2.24) is 9.55 Å². The first-order valence-corrected chi connectivity index (χ1v) is 28.6. The van der Waals surface area contributed by atoms with Crippen molar-refractivity contribution in [2.24, 2.45) is 11.8 Å². The van der Waals surface area contributed by atoms with Gasteiger partial charge in [-0.25, -0.2) is 13.9 Å². The third-order valence-corrected chi connectivity index (χ3v) is 15.2. The minimum Gasteiger partial charge on any atom is -0.462 e. The fourth-order valence-corrected chi connectivity index (χ4v) is 10.6. The van der Waals surface area contributed by atoms with Crippen LogP contribution < -0.4 is 11.4 Å². The van der Waals surface area contributed by atoms with Crippen molar-refractivity contribution >= 4 is 33.4 Å². The van der Waals surface area contributed by atoms with Crippen molar-refractivity contribution in [3.63, 3.8) is 0 Å². The summed E-state index contributed by atoms with van der Waals surface area (Å²) in [5.41, 5.74) is 4.73. The zero-order valence-corrected chi connectivity index (χ0v) is 43.4. The highest BCUT2D eigenvalue weighted by Crippen LogP contribution is 2.60. The molecule has 3 heterocycles. The highest BCUT2D eigenvalue weighted by Gasteiger charge is 2.45. The summed E-state index contributed by atoms with van der Waals surface area (Å²) in [6.07, 6.45) is 12.0. The number of anilines is 1. The van der Waals surface area contributed by atoms with Gasteiger partial charge in [0.15, 0.2) is 6.10 Å². The number of nitrogens with zero attached hydrogens (tertiary/aromatic N) is 2. The first-order chi connectivity index (χ1) is 33.9. The zero-order chi connectivity index (χ0) is 52.2. The normalized spacial score (nSPS) is 30.5. The van der Waals surface area contributed by atoms with Gasteiger partial charge >= 0.3 is 33.3 Å². The average molecular weight is 1050 g/mol. The highest BCUT2D eigenvalue weighted by atomic mass is 31.3. The largest absolute Gasteiger partial charge is 0.481 e. The standard InChI is InChI=1S/C48H83N3O18P2/c1-3-5-7-8-9-10-11-12-13-14-15-16-17-18-20-25-43(55)64-32-36-33-65-70(60,61)69-71(62,63)66-34-41-46(58)45(57)37(28-27-35(52)23-19-6-4-2)39(53)31-40(54)38(24-21-22-26-44(56)67-36)47(68-41)51-30-29-42(49)50-48(51)59/h21-22,27-30,35-41,45-47,52-54,57-58H,3-20,23-26,31-34H2,1-2H3,(H,60,61)(H,62,63)(H2,49,50,59)/b22-21-,28-27?/t35-,36-,37+,38-,39-,40+,41-,45+,46-,47-/m1/s1. The summed E-state index contributed by atoms with van der Waals surface area (Å²) in [7, 11) is -11.3. The van der Waals surface area contributed by atoms with E-state index < -0.39 is 127 Å². The molecule has 23 heteroatoms. The summed E-state index contributed by atoms with van der Waals surface area (Å²) in [5.74, 6) is -4.41. The number of nitrogen functional groups attached to an aromatic ring is 1. The van der Waals surface area contributed by atoms with Gasteiger partial charge in [0.1, 0.15) is 30.9 Å². The van der Waals surface area contributed by atoms with Crippen LogP contribution in [0, 0.1) is 11.8 Å². The highest BCUT2D eigenvalue weighted by molar-refractivity contribution is 7.61. The van der Waals surface area contributed by atoms with Gasteiger partial charge in [-0.05, 0) is 25.3 Å². The molecule has 408 valence electrons. The van der Waals surface area contributed by atoms with E-state index in [0.29, 0.717) is 19.3 Å². The molecular weight excluding hydrogens is 968 g/mol. The SMILES string of the molecule is CCCCCCCCCCCCCCCCCC(=O)OC[C@@H]1COP(=O)(O)OP(=O)(O)OC[C@H]2O[C@@H](n3ccc(N)nc3=O)[C@H](C/C=C\CC(=O)O1)[C@@H](O)C[C@@H](O)[C@H](C=C[C@H](O)CCCCC)[C@H](O)[C@@H]2O. The molecule has 2 unspecified atom stereocenters. The van der Waals surface area contributed by atoms with E-state index in [0.717, 1.165) is 49.3 Å². The number of unbranched alkanes of at least 4 members (excludes halogenated alkanes) is 16. The first kappa shape index (κ1) is 62.4. The monoisotopic (exact) mass is 1050 g/mol. The van der Waals surface area contributed by atoms with E-state index in [1.807, 2.05) is 6.92 Å². The van der Waals surface area contributed by atoms with Crippen LogP contribution in [0.25, 0.3) is 0 Å². The molecule has 2 bridgehead atoms. The molecule has 0 spiro atoms. The van der Waals surface area contributed by atoms with Crippen LogP contribution in [0.5, 0.6) is 0 Å². The number of rotatable bonds is 25. The van der Waals surface area contributed by atoms with Gasteiger partial charge in [0.25, 0.3) is 0 Å². The summed E-state index contributed by atoms with van der Waals surface area (Å²) in [5, 5.41) is 57.2. The minimum absolute atomic E-state index is 0.0643. The number of carbonyl (C=O) groups excluding carboxylic acids is 2. The molecule has 1 aromatic heterocycles. The Balaban J connectivity index is 1.78. The maximum absolute atomic E-state index is 13.3. The molecule has 1 saturated heterocycles. The Hall–Kier alpha value is -2.88. The Bertz CT molecular complexity index is 1910. The van der Waals surface area contributed by atoms with E-state index in [1.54, 1.807) is 0 Å². The number of phosphoric ester groups is 2.